The molecule has 0 saturated carbocycles. The van der Waals surface area contributed by atoms with Crippen molar-refractivity contribution in [1.82, 2.24) is 9.80 Å². The highest BCUT2D eigenvalue weighted by molar-refractivity contribution is 7.10. The van der Waals surface area contributed by atoms with E-state index in [4.69, 9.17) is 9.47 Å². The molecule has 2 heterocycles. The molecule has 196 valence electrons. The first-order chi connectivity index (χ1) is 17.9. The molecule has 0 spiro atoms. The second-order valence-electron chi connectivity index (χ2n) is 9.89. The molecule has 0 saturated heterocycles. The lowest BCUT2D eigenvalue weighted by Gasteiger charge is -2.37. The predicted octanol–water partition coefficient (Wildman–Crippen LogP) is 5.76. The molecule has 1 aromatic heterocycles. The zero-order valence-electron chi connectivity index (χ0n) is 22.1. The lowest BCUT2D eigenvalue weighted by Crippen LogP contribution is -2.48. The molecular weight excluding hydrogens is 484 g/mol. The maximum atomic E-state index is 13.8. The van der Waals surface area contributed by atoms with Crippen molar-refractivity contribution < 1.29 is 19.1 Å². The van der Waals surface area contributed by atoms with Gasteiger partial charge in [0.2, 0.25) is 5.91 Å². The Morgan fingerprint density at radius 1 is 1.08 bits per heavy atom. The average Bonchev–Trinajstić information content (AvgIpc) is 3.39. The van der Waals surface area contributed by atoms with Crippen LogP contribution in [-0.2, 0) is 11.2 Å². The number of carbonyl (C=O) groups is 2. The topological polar surface area (TPSA) is 59.1 Å². The van der Waals surface area contributed by atoms with E-state index in [-0.39, 0.29) is 24.4 Å². The van der Waals surface area contributed by atoms with Crippen LogP contribution in [0.15, 0.2) is 60.0 Å². The fraction of sp³-hybridized carbons (Fsp3) is 0.400. The molecule has 1 aliphatic heterocycles. The van der Waals surface area contributed by atoms with Gasteiger partial charge in [-0.2, -0.15) is 0 Å². The van der Waals surface area contributed by atoms with Gasteiger partial charge in [0.25, 0.3) is 5.91 Å². The SMILES string of the molecule is COc1ccccc1OC[C@@H]1c2ccsc2CCN1C(=O)CN(CCC(C)C)C(=O)c1ccc(C)cc1. The maximum absolute atomic E-state index is 13.8. The lowest BCUT2D eigenvalue weighted by atomic mass is 10.00. The number of amides is 2. The number of benzene rings is 2. The molecule has 4 rings (SSSR count). The summed E-state index contributed by atoms with van der Waals surface area (Å²) >= 11 is 1.72. The molecule has 3 aromatic rings. The minimum absolute atomic E-state index is 0.0457. The third-order valence-corrected chi connectivity index (χ3v) is 7.77. The summed E-state index contributed by atoms with van der Waals surface area (Å²) in [5, 5.41) is 2.07. The van der Waals surface area contributed by atoms with Gasteiger partial charge in [0.1, 0.15) is 13.2 Å². The molecule has 2 aromatic carbocycles. The summed E-state index contributed by atoms with van der Waals surface area (Å²) in [6, 6.07) is 16.9. The van der Waals surface area contributed by atoms with Crippen molar-refractivity contribution in [3.05, 3.63) is 81.5 Å². The fourth-order valence-electron chi connectivity index (χ4n) is 4.58. The van der Waals surface area contributed by atoms with Crippen LogP contribution < -0.4 is 9.47 Å². The number of thiophene rings is 1. The molecule has 0 fully saturated rings. The number of para-hydroxylation sites is 2. The summed E-state index contributed by atoms with van der Waals surface area (Å²) in [6.45, 7) is 7.75. The molecule has 0 bridgehead atoms. The first-order valence-electron chi connectivity index (χ1n) is 12.8. The quantitative estimate of drug-likeness (QED) is 0.341. The third-order valence-electron chi connectivity index (χ3n) is 6.77. The number of ether oxygens (including phenoxy) is 2. The van der Waals surface area contributed by atoms with Crippen LogP contribution in [0.25, 0.3) is 0 Å². The van der Waals surface area contributed by atoms with Gasteiger partial charge in [-0.05, 0) is 67.0 Å². The van der Waals surface area contributed by atoms with Gasteiger partial charge in [-0.25, -0.2) is 0 Å². The van der Waals surface area contributed by atoms with Crippen LogP contribution in [0, 0.1) is 12.8 Å². The Morgan fingerprint density at radius 3 is 2.51 bits per heavy atom. The van der Waals surface area contributed by atoms with Gasteiger partial charge in [-0.3, -0.25) is 9.59 Å². The lowest BCUT2D eigenvalue weighted by molar-refractivity contribution is -0.135. The van der Waals surface area contributed by atoms with Crippen molar-refractivity contribution in [2.24, 2.45) is 5.92 Å². The van der Waals surface area contributed by atoms with E-state index in [1.165, 1.54) is 4.88 Å². The van der Waals surface area contributed by atoms with Crippen molar-refractivity contribution in [3.8, 4) is 11.5 Å². The molecule has 1 atom stereocenters. The number of hydrogen-bond donors (Lipinski definition) is 0. The Bertz CT molecular complexity index is 1200. The molecule has 2 amide bonds. The minimum atomic E-state index is -0.228. The number of carbonyl (C=O) groups excluding carboxylic acids is 2. The summed E-state index contributed by atoms with van der Waals surface area (Å²) in [4.78, 5) is 32.1. The molecule has 7 heteroatoms. The van der Waals surface area contributed by atoms with Gasteiger partial charge in [-0.1, -0.05) is 43.7 Å². The van der Waals surface area contributed by atoms with Gasteiger partial charge in [0.15, 0.2) is 11.5 Å². The van der Waals surface area contributed by atoms with Gasteiger partial charge in [0, 0.05) is 23.5 Å². The standard InChI is InChI=1S/C30H36N2O4S/c1-21(2)13-16-31(30(34)23-11-9-22(3)10-12-23)19-29(33)32-17-14-28-24(15-18-37-28)25(32)20-36-27-8-6-5-7-26(27)35-4/h5-12,15,18,21,25H,13-14,16-17,19-20H2,1-4H3/t25-/m1/s1. The molecule has 37 heavy (non-hydrogen) atoms. The molecule has 0 unspecified atom stereocenters. The summed E-state index contributed by atoms with van der Waals surface area (Å²) in [7, 11) is 1.62. The molecule has 6 nitrogen and oxygen atoms in total. The van der Waals surface area contributed by atoms with Crippen LogP contribution in [0.5, 0.6) is 11.5 Å². The van der Waals surface area contributed by atoms with Crippen molar-refractivity contribution in [1.29, 1.82) is 0 Å². The number of methoxy groups -OCH3 is 1. The predicted molar refractivity (Wildman–Crippen MR) is 148 cm³/mol. The normalized spacial score (nSPS) is 14.8. The Kier molecular flexibility index (Phi) is 8.87. The van der Waals surface area contributed by atoms with E-state index < -0.39 is 0 Å². The summed E-state index contributed by atoms with van der Waals surface area (Å²) in [5.74, 6) is 1.56. The average molecular weight is 521 g/mol. The van der Waals surface area contributed by atoms with Gasteiger partial charge in [0.05, 0.1) is 13.2 Å². The monoisotopic (exact) mass is 520 g/mol. The van der Waals surface area contributed by atoms with E-state index in [0.29, 0.717) is 42.7 Å². The van der Waals surface area contributed by atoms with Crippen LogP contribution in [0.2, 0.25) is 0 Å². The van der Waals surface area contributed by atoms with Crippen molar-refractivity contribution >= 4 is 23.2 Å². The number of aryl methyl sites for hydroxylation is 1. The van der Waals surface area contributed by atoms with Gasteiger partial charge < -0.3 is 19.3 Å². The van der Waals surface area contributed by atoms with E-state index in [1.54, 1.807) is 23.3 Å². The van der Waals surface area contributed by atoms with E-state index in [2.05, 4.69) is 25.3 Å². The molecule has 0 aliphatic carbocycles. The zero-order chi connectivity index (χ0) is 26.4. The molecular formula is C30H36N2O4S. The van der Waals surface area contributed by atoms with E-state index in [1.807, 2.05) is 60.4 Å². The highest BCUT2D eigenvalue weighted by Crippen LogP contribution is 2.35. The van der Waals surface area contributed by atoms with Crippen molar-refractivity contribution in [3.63, 3.8) is 0 Å². The van der Waals surface area contributed by atoms with Crippen molar-refractivity contribution in [2.45, 2.75) is 39.7 Å². The van der Waals surface area contributed by atoms with Crippen molar-refractivity contribution in [2.75, 3.05) is 33.4 Å². The Balaban J connectivity index is 1.54. The van der Waals surface area contributed by atoms with Crippen LogP contribution in [0.3, 0.4) is 0 Å². The number of rotatable bonds is 10. The summed E-state index contributed by atoms with van der Waals surface area (Å²) < 4.78 is 11.6. The number of fused-ring (bicyclic) bond motifs is 1. The van der Waals surface area contributed by atoms with Crippen LogP contribution >= 0.6 is 11.3 Å². The summed E-state index contributed by atoms with van der Waals surface area (Å²) in [5.41, 5.74) is 2.83. The Morgan fingerprint density at radius 2 is 1.81 bits per heavy atom. The van der Waals surface area contributed by atoms with Gasteiger partial charge in [-0.15, -0.1) is 11.3 Å². The second kappa shape index (κ2) is 12.3. The fourth-order valence-corrected chi connectivity index (χ4v) is 5.51. The largest absolute Gasteiger partial charge is 0.493 e. The van der Waals surface area contributed by atoms with E-state index in [0.717, 1.165) is 24.0 Å². The Labute approximate surface area is 223 Å². The molecule has 1 aliphatic rings. The molecule has 0 radical (unpaired) electrons. The first kappa shape index (κ1) is 26.7. The highest BCUT2D eigenvalue weighted by Gasteiger charge is 2.34. The number of hydrogen-bond acceptors (Lipinski definition) is 5. The van der Waals surface area contributed by atoms with Crippen LogP contribution in [0.1, 0.15) is 52.7 Å². The van der Waals surface area contributed by atoms with Crippen LogP contribution in [-0.4, -0.2) is 55.0 Å². The van der Waals surface area contributed by atoms with E-state index in [9.17, 15) is 9.59 Å². The summed E-state index contributed by atoms with van der Waals surface area (Å²) in [6.07, 6.45) is 1.64. The minimum Gasteiger partial charge on any atom is -0.493 e. The Hall–Kier alpha value is -3.32. The zero-order valence-corrected chi connectivity index (χ0v) is 22.9. The van der Waals surface area contributed by atoms with Crippen LogP contribution in [0.4, 0.5) is 0 Å². The third kappa shape index (κ3) is 6.52. The highest BCUT2D eigenvalue weighted by atomic mass is 32.1. The molecule has 0 N–H and O–H groups in total. The first-order valence-corrected chi connectivity index (χ1v) is 13.7. The van der Waals surface area contributed by atoms with Gasteiger partial charge >= 0.3 is 0 Å². The second-order valence-corrected chi connectivity index (χ2v) is 10.9. The van der Waals surface area contributed by atoms with E-state index >= 15 is 0 Å². The number of nitrogens with zero attached hydrogens (tertiary/aromatic N) is 2. The smallest absolute Gasteiger partial charge is 0.254 e. The maximum Gasteiger partial charge on any atom is 0.254 e.